The lowest BCUT2D eigenvalue weighted by Gasteiger charge is -2.06. The predicted molar refractivity (Wildman–Crippen MR) is 121 cm³/mol. The summed E-state index contributed by atoms with van der Waals surface area (Å²) in [6.45, 7) is 5.71. The third kappa shape index (κ3) is 13.6. The highest BCUT2D eigenvalue weighted by Crippen LogP contribution is 2.23. The molecule has 3 nitrogen and oxygen atoms in total. The van der Waals surface area contributed by atoms with Crippen molar-refractivity contribution in [2.24, 2.45) is 5.92 Å². The Kier molecular flexibility index (Phi) is 13.5. The van der Waals surface area contributed by atoms with Crippen molar-refractivity contribution >= 4 is 11.8 Å². The first-order chi connectivity index (χ1) is 14.0. The van der Waals surface area contributed by atoms with E-state index in [-0.39, 0.29) is 12.1 Å². The Labute approximate surface area is 177 Å². The van der Waals surface area contributed by atoms with Gasteiger partial charge >= 0.3 is 5.97 Å². The van der Waals surface area contributed by atoms with E-state index in [0.29, 0.717) is 18.1 Å². The van der Waals surface area contributed by atoms with E-state index in [9.17, 15) is 9.59 Å². The number of unbranched alkanes of at least 4 members (excludes halogenated alkanes) is 2. The lowest BCUT2D eigenvalue weighted by atomic mass is 10.1. The third-order valence-corrected chi connectivity index (χ3v) is 4.73. The van der Waals surface area contributed by atoms with E-state index in [0.717, 1.165) is 44.9 Å². The Bertz CT molecular complexity index is 629. The molecular weight excluding hydrogens is 360 g/mol. The number of benzene rings is 1. The number of ether oxygens (including phenoxy) is 1. The van der Waals surface area contributed by atoms with Crippen LogP contribution in [0.5, 0.6) is 0 Å². The van der Waals surface area contributed by atoms with Crippen LogP contribution in [0.15, 0.2) is 54.6 Å². The molecule has 2 rings (SSSR count). The minimum atomic E-state index is -0.0884. The van der Waals surface area contributed by atoms with Gasteiger partial charge in [-0.15, -0.1) is 0 Å². The molecule has 0 spiro atoms. The van der Waals surface area contributed by atoms with Crippen molar-refractivity contribution in [2.75, 3.05) is 0 Å². The van der Waals surface area contributed by atoms with Crippen molar-refractivity contribution in [1.82, 2.24) is 0 Å². The largest absolute Gasteiger partial charge is 0.463 e. The Morgan fingerprint density at radius 2 is 1.86 bits per heavy atom. The van der Waals surface area contributed by atoms with E-state index in [1.54, 1.807) is 0 Å². The number of rotatable bonds is 10. The van der Waals surface area contributed by atoms with E-state index in [2.05, 4.69) is 48.6 Å². The summed E-state index contributed by atoms with van der Waals surface area (Å²) in [7, 11) is 0. The number of ketones is 1. The Morgan fingerprint density at radius 1 is 1.14 bits per heavy atom. The molecular formula is C26H38O3. The smallest absolute Gasteiger partial charge is 0.306 e. The minimum Gasteiger partial charge on any atom is -0.463 e. The van der Waals surface area contributed by atoms with Gasteiger partial charge in [0.1, 0.15) is 5.78 Å². The number of allylic oxidation sites excluding steroid dienone is 4. The molecule has 0 bridgehead atoms. The predicted octanol–water partition coefficient (Wildman–Crippen LogP) is 6.62. The molecule has 3 heteroatoms. The monoisotopic (exact) mass is 398 g/mol. The normalized spacial score (nSPS) is 16.4. The maximum absolute atomic E-state index is 11.1. The maximum Gasteiger partial charge on any atom is 0.306 e. The second-order valence-electron chi connectivity index (χ2n) is 7.85. The van der Waals surface area contributed by atoms with E-state index >= 15 is 0 Å². The number of esters is 1. The highest BCUT2D eigenvalue weighted by atomic mass is 16.5. The van der Waals surface area contributed by atoms with Crippen molar-refractivity contribution in [3.8, 4) is 0 Å². The molecule has 0 saturated heterocycles. The first kappa shape index (κ1) is 24.9. The second-order valence-corrected chi connectivity index (χ2v) is 7.85. The molecule has 0 unspecified atom stereocenters. The minimum absolute atomic E-state index is 0.0132. The summed E-state index contributed by atoms with van der Waals surface area (Å²) in [6, 6.07) is 10.6. The van der Waals surface area contributed by atoms with E-state index < -0.39 is 0 Å². The molecule has 0 aromatic heterocycles. The van der Waals surface area contributed by atoms with Crippen LogP contribution in [0.2, 0.25) is 0 Å². The number of carbonyl (C=O) groups excluding carboxylic acids is 2. The Hall–Kier alpha value is -2.16. The van der Waals surface area contributed by atoms with Gasteiger partial charge in [-0.25, -0.2) is 0 Å². The van der Waals surface area contributed by atoms with Crippen molar-refractivity contribution in [3.05, 3.63) is 60.2 Å². The van der Waals surface area contributed by atoms with E-state index in [4.69, 9.17) is 4.74 Å². The highest BCUT2D eigenvalue weighted by molar-refractivity contribution is 5.80. The molecule has 1 aliphatic carbocycles. The highest BCUT2D eigenvalue weighted by Gasteiger charge is 2.18. The molecule has 1 fully saturated rings. The van der Waals surface area contributed by atoms with E-state index in [1.807, 2.05) is 26.8 Å². The number of hydrogen-bond acceptors (Lipinski definition) is 3. The number of hydrogen-bond donors (Lipinski definition) is 0. The van der Waals surface area contributed by atoms with Crippen LogP contribution in [0.25, 0.3) is 0 Å². The van der Waals surface area contributed by atoms with Crippen LogP contribution < -0.4 is 0 Å². The van der Waals surface area contributed by atoms with Gasteiger partial charge in [0, 0.05) is 19.3 Å². The number of carbonyl (C=O) groups is 2. The van der Waals surface area contributed by atoms with Crippen molar-refractivity contribution in [1.29, 1.82) is 0 Å². The topological polar surface area (TPSA) is 43.4 Å². The SMILES string of the molecule is C/C=C\CCCC(=O)OC(C)C.O=C1CC[C@H](/C=C/CCCc2ccccc2)C1. The summed E-state index contributed by atoms with van der Waals surface area (Å²) < 4.78 is 4.97. The standard InChI is InChI=1S/C16H20O.C10H18O2/c17-16-12-11-15(13-16)10-6-2-5-9-14-7-3-1-4-8-14;1-4-5-6-7-8-10(11)12-9(2)3/h1,3-4,6-8,10,15H,2,5,9,11-13H2;4-5,9H,6-8H2,1-3H3/b10-6+;5-4-/t15-;/m0./s1. The van der Waals surface area contributed by atoms with Crippen LogP contribution in [-0.2, 0) is 20.7 Å². The molecule has 0 aliphatic heterocycles. The Morgan fingerprint density at radius 3 is 2.48 bits per heavy atom. The fraction of sp³-hybridized carbons (Fsp3) is 0.538. The fourth-order valence-corrected chi connectivity index (χ4v) is 3.22. The molecule has 1 aromatic carbocycles. The van der Waals surface area contributed by atoms with Gasteiger partial charge in [-0.1, -0.05) is 54.6 Å². The molecule has 1 atom stereocenters. The molecule has 0 amide bonds. The summed E-state index contributed by atoms with van der Waals surface area (Å²) in [4.78, 5) is 22.1. The van der Waals surface area contributed by atoms with Crippen molar-refractivity contribution in [3.63, 3.8) is 0 Å². The average molecular weight is 399 g/mol. The van der Waals surface area contributed by atoms with Crippen LogP contribution in [0, 0.1) is 5.92 Å². The summed E-state index contributed by atoms with van der Waals surface area (Å²) in [5, 5.41) is 0. The molecule has 0 radical (unpaired) electrons. The van der Waals surface area contributed by atoms with Crippen LogP contribution in [0.3, 0.4) is 0 Å². The van der Waals surface area contributed by atoms with E-state index in [1.165, 1.54) is 12.0 Å². The zero-order valence-electron chi connectivity index (χ0n) is 18.4. The average Bonchev–Trinajstić information content (AvgIpc) is 3.11. The van der Waals surface area contributed by atoms with Crippen LogP contribution in [0.4, 0.5) is 0 Å². The van der Waals surface area contributed by atoms with Gasteiger partial charge in [0.2, 0.25) is 0 Å². The zero-order chi connectivity index (χ0) is 21.3. The second kappa shape index (κ2) is 15.7. The summed E-state index contributed by atoms with van der Waals surface area (Å²) in [5.74, 6) is 0.873. The molecule has 29 heavy (non-hydrogen) atoms. The molecule has 1 aliphatic rings. The van der Waals surface area contributed by atoms with Crippen molar-refractivity contribution in [2.45, 2.75) is 84.7 Å². The molecule has 160 valence electrons. The van der Waals surface area contributed by atoms with Gasteiger partial charge in [-0.3, -0.25) is 9.59 Å². The van der Waals surface area contributed by atoms with Gasteiger partial charge in [-0.2, -0.15) is 0 Å². The van der Waals surface area contributed by atoms with Gasteiger partial charge in [0.15, 0.2) is 0 Å². The van der Waals surface area contributed by atoms with Gasteiger partial charge in [0.05, 0.1) is 6.10 Å². The molecule has 1 saturated carbocycles. The molecule has 1 aromatic rings. The van der Waals surface area contributed by atoms with Gasteiger partial charge in [-0.05, 0) is 70.8 Å². The van der Waals surface area contributed by atoms with Crippen LogP contribution in [-0.4, -0.2) is 17.9 Å². The Balaban J connectivity index is 0.000000311. The molecule has 0 heterocycles. The van der Waals surface area contributed by atoms with Crippen molar-refractivity contribution < 1.29 is 14.3 Å². The summed E-state index contributed by atoms with van der Waals surface area (Å²) >= 11 is 0. The lowest BCUT2D eigenvalue weighted by molar-refractivity contribution is -0.147. The number of Topliss-reactive ketones (excluding diaryl/α,β-unsaturated/α-hetero) is 1. The van der Waals surface area contributed by atoms with Crippen LogP contribution >= 0.6 is 0 Å². The zero-order valence-corrected chi connectivity index (χ0v) is 18.4. The summed E-state index contributed by atoms with van der Waals surface area (Å²) in [6.07, 6.45) is 17.0. The van der Waals surface area contributed by atoms with Gasteiger partial charge in [0.25, 0.3) is 0 Å². The first-order valence-electron chi connectivity index (χ1n) is 11.0. The summed E-state index contributed by atoms with van der Waals surface area (Å²) in [5.41, 5.74) is 1.41. The van der Waals surface area contributed by atoms with Crippen LogP contribution in [0.1, 0.15) is 77.7 Å². The third-order valence-electron chi connectivity index (χ3n) is 4.73. The fourth-order valence-electron chi connectivity index (χ4n) is 3.22. The first-order valence-corrected chi connectivity index (χ1v) is 11.0. The quantitative estimate of drug-likeness (QED) is 0.253. The van der Waals surface area contributed by atoms with Gasteiger partial charge < -0.3 is 4.74 Å². The lowest BCUT2D eigenvalue weighted by Crippen LogP contribution is -2.10. The molecule has 0 N–H and O–H groups in total. The maximum atomic E-state index is 11.1. The number of aryl methyl sites for hydroxylation is 1.